The summed E-state index contributed by atoms with van der Waals surface area (Å²) in [7, 11) is 0. The average molecular weight is 474 g/mol. The van der Waals surface area contributed by atoms with Gasteiger partial charge in [-0.2, -0.15) is 13.2 Å². The molecule has 1 saturated heterocycles. The normalized spacial score (nSPS) is 18.8. The number of alkyl halides is 3. The first-order chi connectivity index (χ1) is 14.5. The quantitative estimate of drug-likeness (QED) is 0.611. The second kappa shape index (κ2) is 8.39. The maximum Gasteiger partial charge on any atom is 0.418 e. The summed E-state index contributed by atoms with van der Waals surface area (Å²) in [5.74, 6) is -1.66. The molecule has 2 aromatic carbocycles. The summed E-state index contributed by atoms with van der Waals surface area (Å²) in [6, 6.07) is 8.30. The fraction of sp³-hybridized carbons (Fsp3) is 0.250. The molecule has 2 N–H and O–H groups in total. The first kappa shape index (κ1) is 22.9. The molecule has 164 valence electrons. The van der Waals surface area contributed by atoms with Crippen molar-refractivity contribution < 1.29 is 27.6 Å². The second-order valence-corrected chi connectivity index (χ2v) is 7.70. The molecule has 6 nitrogen and oxygen atoms in total. The van der Waals surface area contributed by atoms with Gasteiger partial charge in [-0.1, -0.05) is 42.3 Å². The fourth-order valence-corrected chi connectivity index (χ4v) is 3.63. The Morgan fingerprint density at radius 3 is 2.29 bits per heavy atom. The van der Waals surface area contributed by atoms with Crippen molar-refractivity contribution in [2.45, 2.75) is 25.1 Å². The van der Waals surface area contributed by atoms with Gasteiger partial charge in [0.15, 0.2) is 0 Å². The Morgan fingerprint density at radius 1 is 1.10 bits per heavy atom. The molecule has 0 aliphatic carbocycles. The minimum atomic E-state index is -4.76. The van der Waals surface area contributed by atoms with Crippen LogP contribution in [0, 0.1) is 0 Å². The molecule has 0 aromatic heterocycles. The number of hydrogen-bond donors (Lipinski definition) is 2. The van der Waals surface area contributed by atoms with Gasteiger partial charge in [-0.25, -0.2) is 4.79 Å². The summed E-state index contributed by atoms with van der Waals surface area (Å²) in [5.41, 5.74) is -2.61. The Labute approximate surface area is 185 Å². The maximum atomic E-state index is 13.2. The first-order valence-electron chi connectivity index (χ1n) is 9.04. The van der Waals surface area contributed by atoms with Crippen LogP contribution in [0.25, 0.3) is 0 Å². The molecular formula is C20H16Cl2F3N3O3. The number of nitrogens with zero attached hydrogens (tertiary/aromatic N) is 1. The maximum absolute atomic E-state index is 13.2. The van der Waals surface area contributed by atoms with Crippen molar-refractivity contribution in [1.82, 2.24) is 10.2 Å². The topological polar surface area (TPSA) is 78.5 Å². The number of carbonyl (C=O) groups is 3. The van der Waals surface area contributed by atoms with Gasteiger partial charge >= 0.3 is 12.2 Å². The molecule has 3 rings (SSSR count). The molecule has 1 unspecified atom stereocenters. The Kier molecular flexibility index (Phi) is 6.20. The van der Waals surface area contributed by atoms with Crippen LogP contribution < -0.4 is 10.6 Å². The number of halogens is 5. The van der Waals surface area contributed by atoms with E-state index < -0.39 is 47.4 Å². The monoisotopic (exact) mass is 473 g/mol. The van der Waals surface area contributed by atoms with E-state index in [4.69, 9.17) is 23.2 Å². The minimum absolute atomic E-state index is 0.157. The number of nitrogens with one attached hydrogen (secondary N) is 2. The van der Waals surface area contributed by atoms with Crippen LogP contribution in [0.4, 0.5) is 23.7 Å². The lowest BCUT2D eigenvalue weighted by atomic mass is 9.87. The Hall–Kier alpha value is -2.78. The Bertz CT molecular complexity index is 1040. The van der Waals surface area contributed by atoms with Crippen molar-refractivity contribution in [2.24, 2.45) is 0 Å². The van der Waals surface area contributed by atoms with E-state index in [0.29, 0.717) is 21.6 Å². The van der Waals surface area contributed by atoms with Crippen molar-refractivity contribution in [3.8, 4) is 0 Å². The summed E-state index contributed by atoms with van der Waals surface area (Å²) in [6.07, 6.45) is -4.58. The molecule has 0 bridgehead atoms. The van der Waals surface area contributed by atoms with Crippen molar-refractivity contribution in [3.05, 3.63) is 63.6 Å². The molecule has 2 aromatic rings. The SMILES string of the molecule is CCC1(c2ccc(Cl)cc2)NC(=O)N(CC(=O)Nc2ccc(Cl)cc2C(F)(F)F)C1=O. The zero-order chi connectivity index (χ0) is 23.0. The van der Waals surface area contributed by atoms with Crippen molar-refractivity contribution in [2.75, 3.05) is 11.9 Å². The van der Waals surface area contributed by atoms with Crippen LogP contribution in [-0.2, 0) is 21.3 Å². The highest BCUT2D eigenvalue weighted by molar-refractivity contribution is 6.31. The average Bonchev–Trinajstić information content (AvgIpc) is 2.94. The number of anilines is 1. The van der Waals surface area contributed by atoms with E-state index in [1.807, 2.05) is 0 Å². The van der Waals surface area contributed by atoms with E-state index in [0.717, 1.165) is 6.07 Å². The minimum Gasteiger partial charge on any atom is -0.324 e. The van der Waals surface area contributed by atoms with E-state index in [9.17, 15) is 27.6 Å². The second-order valence-electron chi connectivity index (χ2n) is 6.82. The van der Waals surface area contributed by atoms with Gasteiger partial charge in [0.25, 0.3) is 5.91 Å². The molecule has 0 radical (unpaired) electrons. The lowest BCUT2D eigenvalue weighted by molar-refractivity contribution is -0.137. The summed E-state index contributed by atoms with van der Waals surface area (Å²) < 4.78 is 39.7. The predicted octanol–water partition coefficient (Wildman–Crippen LogP) is 4.81. The standard InChI is InChI=1S/C20H16Cl2F3N3O3/c1-2-19(11-3-5-12(21)6-4-11)17(30)28(18(31)27-19)10-16(29)26-15-8-7-13(22)9-14(15)20(23,24)25/h3-9H,2,10H2,1H3,(H,26,29)(H,27,31). The van der Waals surface area contributed by atoms with E-state index in [2.05, 4.69) is 10.6 Å². The van der Waals surface area contributed by atoms with Crippen molar-refractivity contribution in [3.63, 3.8) is 0 Å². The molecule has 11 heteroatoms. The van der Waals surface area contributed by atoms with Crippen LogP contribution >= 0.6 is 23.2 Å². The highest BCUT2D eigenvalue weighted by Gasteiger charge is 2.51. The summed E-state index contributed by atoms with van der Waals surface area (Å²) in [4.78, 5) is 38.6. The third-order valence-corrected chi connectivity index (χ3v) is 5.39. The number of hydrogen-bond acceptors (Lipinski definition) is 3. The number of rotatable bonds is 5. The highest BCUT2D eigenvalue weighted by atomic mass is 35.5. The van der Waals surface area contributed by atoms with Gasteiger partial charge in [-0.3, -0.25) is 14.5 Å². The fourth-order valence-electron chi connectivity index (χ4n) is 3.34. The van der Waals surface area contributed by atoms with Crippen molar-refractivity contribution in [1.29, 1.82) is 0 Å². The summed E-state index contributed by atoms with van der Waals surface area (Å²) >= 11 is 11.5. The number of urea groups is 1. The van der Waals surface area contributed by atoms with Crippen molar-refractivity contribution >= 4 is 46.7 Å². The van der Waals surface area contributed by atoms with Crippen LogP contribution in [0.3, 0.4) is 0 Å². The van der Waals surface area contributed by atoms with Gasteiger partial charge in [0.2, 0.25) is 5.91 Å². The lowest BCUT2D eigenvalue weighted by Gasteiger charge is -2.25. The highest BCUT2D eigenvalue weighted by Crippen LogP contribution is 2.37. The predicted molar refractivity (Wildman–Crippen MR) is 109 cm³/mol. The number of benzene rings is 2. The molecule has 1 aliphatic rings. The molecule has 1 fully saturated rings. The van der Waals surface area contributed by atoms with Gasteiger partial charge in [-0.15, -0.1) is 0 Å². The van der Waals surface area contributed by atoms with Crippen LogP contribution in [-0.4, -0.2) is 29.3 Å². The lowest BCUT2D eigenvalue weighted by Crippen LogP contribution is -2.44. The van der Waals surface area contributed by atoms with E-state index in [1.54, 1.807) is 31.2 Å². The third kappa shape index (κ3) is 4.47. The largest absolute Gasteiger partial charge is 0.418 e. The number of amides is 4. The number of carbonyl (C=O) groups excluding carboxylic acids is 3. The molecule has 0 saturated carbocycles. The van der Waals surface area contributed by atoms with E-state index in [-0.39, 0.29) is 11.4 Å². The molecule has 31 heavy (non-hydrogen) atoms. The zero-order valence-electron chi connectivity index (χ0n) is 16.0. The van der Waals surface area contributed by atoms with Gasteiger partial charge in [0.1, 0.15) is 12.1 Å². The molecule has 0 spiro atoms. The Balaban J connectivity index is 1.82. The third-order valence-electron chi connectivity index (χ3n) is 4.91. The summed E-state index contributed by atoms with van der Waals surface area (Å²) in [5, 5.41) is 4.96. The number of imide groups is 1. The molecule has 1 heterocycles. The summed E-state index contributed by atoms with van der Waals surface area (Å²) in [6.45, 7) is 0.916. The smallest absolute Gasteiger partial charge is 0.324 e. The van der Waals surface area contributed by atoms with Crippen LogP contribution in [0.15, 0.2) is 42.5 Å². The molecule has 1 atom stereocenters. The van der Waals surface area contributed by atoms with Gasteiger partial charge in [-0.05, 0) is 42.3 Å². The first-order valence-corrected chi connectivity index (χ1v) is 9.80. The van der Waals surface area contributed by atoms with Crippen LogP contribution in [0.5, 0.6) is 0 Å². The molecule has 1 aliphatic heterocycles. The molecular weight excluding hydrogens is 458 g/mol. The van der Waals surface area contributed by atoms with Gasteiger partial charge in [0, 0.05) is 10.0 Å². The Morgan fingerprint density at radius 2 is 1.71 bits per heavy atom. The van der Waals surface area contributed by atoms with Crippen LogP contribution in [0.2, 0.25) is 10.0 Å². The van der Waals surface area contributed by atoms with E-state index >= 15 is 0 Å². The van der Waals surface area contributed by atoms with Gasteiger partial charge < -0.3 is 10.6 Å². The molecule has 4 amide bonds. The van der Waals surface area contributed by atoms with Gasteiger partial charge in [0.05, 0.1) is 11.3 Å². The zero-order valence-corrected chi connectivity index (χ0v) is 17.5. The van der Waals surface area contributed by atoms with E-state index in [1.165, 1.54) is 6.07 Å². The van der Waals surface area contributed by atoms with Crippen LogP contribution in [0.1, 0.15) is 24.5 Å².